The maximum atomic E-state index is 12.4. The fourth-order valence-corrected chi connectivity index (χ4v) is 2.36. The van der Waals surface area contributed by atoms with Crippen LogP contribution in [0.15, 0.2) is 24.3 Å². The Bertz CT molecular complexity index is 514. The molecule has 0 bridgehead atoms. The second-order valence-corrected chi connectivity index (χ2v) is 5.72. The van der Waals surface area contributed by atoms with E-state index in [0.717, 1.165) is 0 Å². The van der Waals surface area contributed by atoms with E-state index in [4.69, 9.17) is 0 Å². The van der Waals surface area contributed by atoms with E-state index in [0.29, 0.717) is 30.6 Å². The van der Waals surface area contributed by atoms with Gasteiger partial charge in [0.2, 0.25) is 5.91 Å². The van der Waals surface area contributed by atoms with Crippen LogP contribution in [0.4, 0.5) is 5.69 Å². The van der Waals surface area contributed by atoms with Crippen LogP contribution in [0.5, 0.6) is 0 Å². The van der Waals surface area contributed by atoms with E-state index in [1.807, 2.05) is 13.0 Å². The highest BCUT2D eigenvalue weighted by molar-refractivity contribution is 6.04. The monoisotopic (exact) mass is 306 g/mol. The molecule has 5 nitrogen and oxygen atoms in total. The summed E-state index contributed by atoms with van der Waals surface area (Å²) in [5, 5.41) is 12.2. The number of carbonyl (C=O) groups excluding carboxylic acids is 2. The fraction of sp³-hybridized carbons (Fsp3) is 0.529. The van der Waals surface area contributed by atoms with Crippen molar-refractivity contribution in [3.05, 3.63) is 29.8 Å². The Morgan fingerprint density at radius 3 is 2.50 bits per heavy atom. The van der Waals surface area contributed by atoms with Gasteiger partial charge in [0, 0.05) is 20.0 Å². The molecule has 22 heavy (non-hydrogen) atoms. The summed E-state index contributed by atoms with van der Waals surface area (Å²) < 4.78 is 0. The molecule has 122 valence electrons. The number of aliphatic hydroxyl groups is 1. The van der Waals surface area contributed by atoms with E-state index in [-0.39, 0.29) is 23.8 Å². The Hall–Kier alpha value is -1.88. The zero-order valence-electron chi connectivity index (χ0n) is 13.8. The molecular formula is C17H26N2O3. The molecule has 0 aliphatic rings. The molecule has 0 spiro atoms. The molecule has 0 aromatic heterocycles. The first-order valence-electron chi connectivity index (χ1n) is 7.68. The number of hydrogen-bond acceptors (Lipinski definition) is 3. The second kappa shape index (κ2) is 8.54. The van der Waals surface area contributed by atoms with Crippen LogP contribution in [0, 0.1) is 5.92 Å². The highest BCUT2D eigenvalue weighted by atomic mass is 16.3. The van der Waals surface area contributed by atoms with Crippen LogP contribution in [0.1, 0.15) is 44.0 Å². The Kier molecular flexibility index (Phi) is 7.05. The van der Waals surface area contributed by atoms with Gasteiger partial charge < -0.3 is 15.3 Å². The van der Waals surface area contributed by atoms with Gasteiger partial charge in [-0.05, 0) is 31.4 Å². The van der Waals surface area contributed by atoms with Crippen LogP contribution in [0.2, 0.25) is 0 Å². The van der Waals surface area contributed by atoms with Gasteiger partial charge in [0.05, 0.1) is 17.4 Å². The minimum atomic E-state index is -0.382. The zero-order valence-corrected chi connectivity index (χ0v) is 13.8. The van der Waals surface area contributed by atoms with Gasteiger partial charge in [-0.25, -0.2) is 0 Å². The molecule has 1 rings (SSSR count). The summed E-state index contributed by atoms with van der Waals surface area (Å²) in [6.07, 6.45) is 0.640. The number of hydrogen-bond donors (Lipinski definition) is 2. The van der Waals surface area contributed by atoms with Gasteiger partial charge in [-0.2, -0.15) is 0 Å². The largest absolute Gasteiger partial charge is 0.393 e. The molecule has 0 saturated heterocycles. The fourth-order valence-electron chi connectivity index (χ4n) is 2.36. The zero-order chi connectivity index (χ0) is 16.7. The van der Waals surface area contributed by atoms with Crippen molar-refractivity contribution < 1.29 is 14.7 Å². The lowest BCUT2D eigenvalue weighted by Crippen LogP contribution is -2.32. The highest BCUT2D eigenvalue weighted by Crippen LogP contribution is 2.20. The predicted molar refractivity (Wildman–Crippen MR) is 87.9 cm³/mol. The summed E-state index contributed by atoms with van der Waals surface area (Å²) in [5.41, 5.74) is 1.09. The van der Waals surface area contributed by atoms with E-state index in [2.05, 4.69) is 5.32 Å². The molecule has 2 amide bonds. The van der Waals surface area contributed by atoms with Crippen molar-refractivity contribution in [3.63, 3.8) is 0 Å². The third-order valence-corrected chi connectivity index (χ3v) is 3.54. The van der Waals surface area contributed by atoms with Crippen LogP contribution in [-0.4, -0.2) is 36.6 Å². The maximum Gasteiger partial charge on any atom is 0.253 e. The lowest BCUT2D eigenvalue weighted by molar-refractivity contribution is -0.118. The van der Waals surface area contributed by atoms with Crippen molar-refractivity contribution in [2.45, 2.75) is 39.7 Å². The number of para-hydroxylation sites is 1. The number of anilines is 1. The van der Waals surface area contributed by atoms with Gasteiger partial charge in [-0.1, -0.05) is 26.0 Å². The summed E-state index contributed by atoms with van der Waals surface area (Å²) >= 11 is 0. The average Bonchev–Trinajstić information content (AvgIpc) is 2.50. The number of aliphatic hydroxyl groups excluding tert-OH is 1. The Balaban J connectivity index is 2.79. The van der Waals surface area contributed by atoms with E-state index < -0.39 is 0 Å². The number of nitrogens with zero attached hydrogens (tertiary/aromatic N) is 1. The predicted octanol–water partition coefficient (Wildman–Crippen LogP) is 2.20. The second-order valence-electron chi connectivity index (χ2n) is 5.72. The molecule has 2 unspecified atom stereocenters. The lowest BCUT2D eigenvalue weighted by Gasteiger charge is -2.20. The molecule has 0 aliphatic heterocycles. The van der Waals surface area contributed by atoms with Crippen molar-refractivity contribution in [3.8, 4) is 0 Å². The first kappa shape index (κ1) is 18.2. The van der Waals surface area contributed by atoms with Gasteiger partial charge in [-0.3, -0.25) is 9.59 Å². The first-order valence-corrected chi connectivity index (χ1v) is 7.68. The van der Waals surface area contributed by atoms with Crippen LogP contribution in [0.3, 0.4) is 0 Å². The maximum absolute atomic E-state index is 12.4. The third-order valence-electron chi connectivity index (χ3n) is 3.54. The average molecular weight is 306 g/mol. The molecule has 0 aliphatic carbocycles. The van der Waals surface area contributed by atoms with Crippen molar-refractivity contribution >= 4 is 17.5 Å². The molecule has 1 aromatic carbocycles. The highest BCUT2D eigenvalue weighted by Gasteiger charge is 2.17. The molecule has 0 radical (unpaired) electrons. The minimum absolute atomic E-state index is 0.0391. The van der Waals surface area contributed by atoms with Crippen LogP contribution >= 0.6 is 0 Å². The standard InChI is InChI=1S/C17H26N2O3/c1-5-16(21)19(4)15-9-7-6-8-14(15)17(22)18-11-12(2)10-13(3)20/h6-9,12-13,20H,5,10-11H2,1-4H3,(H,18,22). The van der Waals surface area contributed by atoms with Crippen molar-refractivity contribution in [2.75, 3.05) is 18.5 Å². The van der Waals surface area contributed by atoms with Crippen LogP contribution in [0.25, 0.3) is 0 Å². The SMILES string of the molecule is CCC(=O)N(C)c1ccccc1C(=O)NCC(C)CC(C)O. The molecule has 1 aromatic rings. The quantitative estimate of drug-likeness (QED) is 0.811. The summed E-state index contributed by atoms with van der Waals surface area (Å²) in [6, 6.07) is 7.06. The number of benzene rings is 1. The van der Waals surface area contributed by atoms with E-state index in [1.165, 1.54) is 4.90 Å². The van der Waals surface area contributed by atoms with E-state index in [9.17, 15) is 14.7 Å². The van der Waals surface area contributed by atoms with E-state index >= 15 is 0 Å². The number of nitrogens with one attached hydrogen (secondary N) is 1. The van der Waals surface area contributed by atoms with Gasteiger partial charge in [-0.15, -0.1) is 0 Å². The summed E-state index contributed by atoms with van der Waals surface area (Å²) in [5.74, 6) is -0.0577. The Morgan fingerprint density at radius 1 is 1.27 bits per heavy atom. The summed E-state index contributed by atoms with van der Waals surface area (Å²) in [4.78, 5) is 25.7. The first-order chi connectivity index (χ1) is 10.4. The summed E-state index contributed by atoms with van der Waals surface area (Å²) in [6.45, 7) is 5.99. The van der Waals surface area contributed by atoms with Crippen molar-refractivity contribution in [1.82, 2.24) is 5.32 Å². The molecule has 0 saturated carbocycles. The Morgan fingerprint density at radius 2 is 1.91 bits per heavy atom. The lowest BCUT2D eigenvalue weighted by atomic mass is 10.0. The molecule has 0 heterocycles. The normalized spacial score (nSPS) is 13.3. The van der Waals surface area contributed by atoms with Crippen molar-refractivity contribution in [2.24, 2.45) is 5.92 Å². The van der Waals surface area contributed by atoms with Crippen LogP contribution < -0.4 is 10.2 Å². The third kappa shape index (κ3) is 5.15. The van der Waals surface area contributed by atoms with Gasteiger partial charge in [0.25, 0.3) is 5.91 Å². The molecule has 2 N–H and O–H groups in total. The Labute approximate surface area is 132 Å². The smallest absolute Gasteiger partial charge is 0.253 e. The van der Waals surface area contributed by atoms with Crippen LogP contribution in [-0.2, 0) is 4.79 Å². The molecular weight excluding hydrogens is 280 g/mol. The van der Waals surface area contributed by atoms with E-state index in [1.54, 1.807) is 39.1 Å². The van der Waals surface area contributed by atoms with Crippen molar-refractivity contribution in [1.29, 1.82) is 0 Å². The summed E-state index contributed by atoms with van der Waals surface area (Å²) in [7, 11) is 1.67. The molecule has 2 atom stereocenters. The topological polar surface area (TPSA) is 69.6 Å². The number of rotatable bonds is 7. The minimum Gasteiger partial charge on any atom is -0.393 e. The number of carbonyl (C=O) groups is 2. The van der Waals surface area contributed by atoms with Gasteiger partial charge >= 0.3 is 0 Å². The number of amides is 2. The molecule has 0 fully saturated rings. The van der Waals surface area contributed by atoms with Gasteiger partial charge in [0.1, 0.15) is 0 Å². The van der Waals surface area contributed by atoms with Gasteiger partial charge in [0.15, 0.2) is 0 Å². The molecule has 5 heteroatoms.